The predicted molar refractivity (Wildman–Crippen MR) is 95.5 cm³/mol. The highest BCUT2D eigenvalue weighted by molar-refractivity contribution is 7.99. The molecule has 0 unspecified atom stereocenters. The summed E-state index contributed by atoms with van der Waals surface area (Å²) in [6.45, 7) is 2.28. The Bertz CT molecular complexity index is 811. The number of nitriles is 1. The van der Waals surface area contributed by atoms with Crippen LogP contribution in [-0.4, -0.2) is 44.5 Å². The maximum atomic E-state index is 12.2. The minimum Gasteiger partial charge on any atom is -0.497 e. The zero-order valence-electron chi connectivity index (χ0n) is 14.7. The first kappa shape index (κ1) is 18.2. The smallest absolute Gasteiger partial charge is 0.231 e. The number of hydrogen-bond donors (Lipinski definition) is 1. The molecule has 9 heteroatoms. The molecule has 1 fully saturated rings. The van der Waals surface area contributed by atoms with Gasteiger partial charge >= 0.3 is 0 Å². The fraction of sp³-hybridized carbons (Fsp3) is 0.471. The van der Waals surface area contributed by atoms with Crippen molar-refractivity contribution < 1.29 is 9.53 Å². The minimum absolute atomic E-state index is 0.160. The number of nitrogens with zero attached hydrogens (tertiary/aromatic N) is 5. The van der Waals surface area contributed by atoms with Gasteiger partial charge in [0.25, 0.3) is 0 Å². The van der Waals surface area contributed by atoms with Crippen LogP contribution in [0.5, 0.6) is 5.75 Å². The second kappa shape index (κ2) is 7.74. The average molecular weight is 372 g/mol. The fourth-order valence-corrected chi connectivity index (χ4v) is 3.32. The Balaban J connectivity index is 1.56. The summed E-state index contributed by atoms with van der Waals surface area (Å²) in [7, 11) is 1.62. The normalized spacial score (nSPS) is 15.7. The van der Waals surface area contributed by atoms with E-state index in [1.165, 1.54) is 11.8 Å². The molecular formula is C17H20N6O2S. The number of rotatable bonds is 8. The van der Waals surface area contributed by atoms with Gasteiger partial charge in [-0.05, 0) is 53.8 Å². The van der Waals surface area contributed by atoms with E-state index < -0.39 is 5.54 Å². The molecule has 1 N–H and O–H groups in total. The summed E-state index contributed by atoms with van der Waals surface area (Å²) in [5.74, 6) is 1.01. The average Bonchev–Trinajstić information content (AvgIpc) is 3.42. The van der Waals surface area contributed by atoms with Crippen LogP contribution in [0.15, 0.2) is 29.4 Å². The lowest BCUT2D eigenvalue weighted by Gasteiger charge is -2.22. The maximum absolute atomic E-state index is 12.2. The fourth-order valence-electron chi connectivity index (χ4n) is 2.64. The number of ether oxygens (including phenoxy) is 1. The molecule has 1 aromatic heterocycles. The lowest BCUT2D eigenvalue weighted by atomic mass is 9.98. The summed E-state index contributed by atoms with van der Waals surface area (Å²) in [5.41, 5.74) is 0.238. The van der Waals surface area contributed by atoms with Crippen molar-refractivity contribution in [2.24, 2.45) is 5.92 Å². The Morgan fingerprint density at radius 1 is 1.46 bits per heavy atom. The molecule has 1 aliphatic rings. The third-order valence-electron chi connectivity index (χ3n) is 4.35. The summed E-state index contributed by atoms with van der Waals surface area (Å²) in [6.07, 6.45) is 1.97. The molecule has 1 aliphatic carbocycles. The monoisotopic (exact) mass is 372 g/mol. The maximum Gasteiger partial charge on any atom is 0.231 e. The number of amides is 1. The Labute approximate surface area is 155 Å². The van der Waals surface area contributed by atoms with Crippen molar-refractivity contribution in [1.29, 1.82) is 5.26 Å². The van der Waals surface area contributed by atoms with Crippen LogP contribution in [0.3, 0.4) is 0 Å². The van der Waals surface area contributed by atoms with Crippen LogP contribution in [-0.2, 0) is 11.3 Å². The molecule has 0 saturated heterocycles. The van der Waals surface area contributed by atoms with Gasteiger partial charge in [0, 0.05) is 0 Å². The van der Waals surface area contributed by atoms with Gasteiger partial charge in [0.1, 0.15) is 11.3 Å². The zero-order valence-corrected chi connectivity index (χ0v) is 15.5. The van der Waals surface area contributed by atoms with Gasteiger partial charge in [-0.3, -0.25) is 4.79 Å². The molecule has 26 heavy (non-hydrogen) atoms. The van der Waals surface area contributed by atoms with Crippen molar-refractivity contribution >= 4 is 17.7 Å². The molecule has 1 atom stereocenters. The molecule has 0 bridgehead atoms. The van der Waals surface area contributed by atoms with Crippen LogP contribution in [0.2, 0.25) is 0 Å². The lowest BCUT2D eigenvalue weighted by Crippen LogP contribution is -2.47. The van der Waals surface area contributed by atoms with Gasteiger partial charge in [0.2, 0.25) is 11.1 Å². The number of tetrazole rings is 1. The Kier molecular flexibility index (Phi) is 5.42. The van der Waals surface area contributed by atoms with E-state index in [0.29, 0.717) is 11.7 Å². The molecule has 0 aliphatic heterocycles. The van der Waals surface area contributed by atoms with E-state index in [1.807, 2.05) is 24.3 Å². The molecule has 1 amide bonds. The third kappa shape index (κ3) is 4.32. The number of carbonyl (C=O) groups is 1. The molecule has 0 spiro atoms. The van der Waals surface area contributed by atoms with E-state index in [0.717, 1.165) is 24.2 Å². The van der Waals surface area contributed by atoms with Crippen LogP contribution in [0, 0.1) is 17.2 Å². The predicted octanol–water partition coefficient (Wildman–Crippen LogP) is 1.63. The van der Waals surface area contributed by atoms with Crippen molar-refractivity contribution in [1.82, 2.24) is 25.5 Å². The minimum atomic E-state index is -0.785. The van der Waals surface area contributed by atoms with Crippen molar-refractivity contribution in [3.8, 4) is 11.8 Å². The number of nitrogens with one attached hydrogen (secondary N) is 1. The molecule has 0 radical (unpaired) electrons. The van der Waals surface area contributed by atoms with Gasteiger partial charge in [-0.2, -0.15) is 5.26 Å². The Morgan fingerprint density at radius 3 is 2.81 bits per heavy atom. The zero-order chi connectivity index (χ0) is 18.6. The molecular weight excluding hydrogens is 352 g/mol. The molecule has 136 valence electrons. The first-order valence-corrected chi connectivity index (χ1v) is 9.27. The van der Waals surface area contributed by atoms with Gasteiger partial charge in [-0.15, -0.1) is 5.10 Å². The van der Waals surface area contributed by atoms with Crippen LogP contribution < -0.4 is 10.1 Å². The quantitative estimate of drug-likeness (QED) is 0.702. The molecule has 1 heterocycles. The molecule has 1 aromatic carbocycles. The Morgan fingerprint density at radius 2 is 2.19 bits per heavy atom. The largest absolute Gasteiger partial charge is 0.497 e. The Hall–Kier alpha value is -2.60. The highest BCUT2D eigenvalue weighted by atomic mass is 32.2. The summed E-state index contributed by atoms with van der Waals surface area (Å²) in [5, 5.41) is 24.4. The van der Waals surface area contributed by atoms with E-state index in [1.54, 1.807) is 18.7 Å². The number of aromatic nitrogens is 4. The van der Waals surface area contributed by atoms with Gasteiger partial charge in [0.15, 0.2) is 0 Å². The number of benzene rings is 1. The molecule has 8 nitrogen and oxygen atoms in total. The molecule has 2 aromatic rings. The van der Waals surface area contributed by atoms with Crippen molar-refractivity contribution in [3.63, 3.8) is 0 Å². The van der Waals surface area contributed by atoms with Crippen LogP contribution in [0.4, 0.5) is 0 Å². The van der Waals surface area contributed by atoms with Gasteiger partial charge in [0.05, 0.1) is 25.5 Å². The van der Waals surface area contributed by atoms with E-state index in [4.69, 9.17) is 4.74 Å². The summed E-state index contributed by atoms with van der Waals surface area (Å²) < 4.78 is 6.79. The summed E-state index contributed by atoms with van der Waals surface area (Å²) in [4.78, 5) is 12.2. The van der Waals surface area contributed by atoms with Gasteiger partial charge in [-0.1, -0.05) is 23.9 Å². The number of methoxy groups -OCH3 is 1. The van der Waals surface area contributed by atoms with E-state index >= 15 is 0 Å². The summed E-state index contributed by atoms with van der Waals surface area (Å²) in [6, 6.07) is 9.85. The van der Waals surface area contributed by atoms with Crippen molar-refractivity contribution in [2.75, 3.05) is 12.9 Å². The summed E-state index contributed by atoms with van der Waals surface area (Å²) >= 11 is 1.25. The van der Waals surface area contributed by atoms with Gasteiger partial charge < -0.3 is 10.1 Å². The van der Waals surface area contributed by atoms with E-state index in [9.17, 15) is 10.1 Å². The molecule has 1 saturated carbocycles. The number of thioether (sulfide) groups is 1. The third-order valence-corrected chi connectivity index (χ3v) is 5.31. The standard InChI is InChI=1S/C17H20N6O2S/c1-17(11-18,13-5-6-13)19-15(24)10-26-16-20-21-22-23(16)9-12-3-7-14(25-2)8-4-12/h3-4,7-8,13H,5-6,9-10H2,1-2H3,(H,19,24)/t17-/m1/s1. The van der Waals surface area contributed by atoms with E-state index in [-0.39, 0.29) is 17.6 Å². The highest BCUT2D eigenvalue weighted by Gasteiger charge is 2.42. The van der Waals surface area contributed by atoms with E-state index in [2.05, 4.69) is 26.9 Å². The first-order chi connectivity index (χ1) is 12.5. The van der Waals surface area contributed by atoms with Crippen molar-refractivity contribution in [3.05, 3.63) is 29.8 Å². The number of hydrogen-bond acceptors (Lipinski definition) is 7. The second-order valence-corrected chi connectivity index (χ2v) is 7.33. The highest BCUT2D eigenvalue weighted by Crippen LogP contribution is 2.39. The van der Waals surface area contributed by atoms with Crippen LogP contribution in [0.25, 0.3) is 0 Å². The van der Waals surface area contributed by atoms with Crippen molar-refractivity contribution in [2.45, 2.75) is 37.0 Å². The van der Waals surface area contributed by atoms with Crippen LogP contribution in [0.1, 0.15) is 25.3 Å². The second-order valence-electron chi connectivity index (χ2n) is 6.39. The lowest BCUT2D eigenvalue weighted by molar-refractivity contribution is -0.119. The SMILES string of the molecule is COc1ccc(Cn2nnnc2SCC(=O)N[C@](C)(C#N)C2CC2)cc1. The van der Waals surface area contributed by atoms with Gasteiger partial charge in [-0.25, -0.2) is 4.68 Å². The molecule has 3 rings (SSSR count). The topological polar surface area (TPSA) is 106 Å². The van der Waals surface area contributed by atoms with Crippen LogP contribution >= 0.6 is 11.8 Å². The number of carbonyl (C=O) groups excluding carboxylic acids is 1. The first-order valence-electron chi connectivity index (χ1n) is 8.28.